The van der Waals surface area contributed by atoms with Crippen LogP contribution in [-0.2, 0) is 4.74 Å². The fraction of sp³-hybridized carbons (Fsp3) is 1.00. The van der Waals surface area contributed by atoms with Crippen molar-refractivity contribution >= 4 is 0 Å². The lowest BCUT2D eigenvalue weighted by atomic mass is 9.86. The predicted molar refractivity (Wildman–Crippen MR) is 44.5 cm³/mol. The van der Waals surface area contributed by atoms with Gasteiger partial charge in [0, 0.05) is 6.61 Å². The lowest BCUT2D eigenvalue weighted by Crippen LogP contribution is -2.45. The third kappa shape index (κ3) is 1.74. The number of aliphatic hydroxyl groups is 1. The van der Waals surface area contributed by atoms with Crippen LogP contribution in [0, 0.1) is 0 Å². The van der Waals surface area contributed by atoms with Gasteiger partial charge in [0.15, 0.2) is 0 Å². The summed E-state index contributed by atoms with van der Waals surface area (Å²) in [5.41, 5.74) is -0.224. The Balaban J connectivity index is 2.57. The van der Waals surface area contributed by atoms with Crippen LogP contribution in [0.3, 0.4) is 0 Å². The number of rotatable bonds is 2. The zero-order chi connectivity index (χ0) is 8.32. The lowest BCUT2D eigenvalue weighted by Gasteiger charge is -2.38. The quantitative estimate of drug-likeness (QED) is 0.663. The Morgan fingerprint density at radius 1 is 1.55 bits per heavy atom. The summed E-state index contributed by atoms with van der Waals surface area (Å²) in [4.78, 5) is 0. The monoisotopic (exact) mass is 158 g/mol. The zero-order valence-electron chi connectivity index (χ0n) is 7.47. The maximum absolute atomic E-state index is 9.50. The third-order valence-corrected chi connectivity index (χ3v) is 2.74. The molecule has 1 fully saturated rings. The van der Waals surface area contributed by atoms with Crippen LogP contribution in [0.2, 0.25) is 0 Å². The average Bonchev–Trinajstić information content (AvgIpc) is 2.05. The van der Waals surface area contributed by atoms with E-state index in [9.17, 15) is 5.11 Å². The Kier molecular flexibility index (Phi) is 2.90. The summed E-state index contributed by atoms with van der Waals surface area (Å²) in [5, 5.41) is 9.50. The van der Waals surface area contributed by atoms with Gasteiger partial charge in [-0.2, -0.15) is 0 Å². The molecule has 1 saturated heterocycles. The second kappa shape index (κ2) is 3.55. The molecule has 1 aliphatic rings. The average molecular weight is 158 g/mol. The highest BCUT2D eigenvalue weighted by atomic mass is 16.5. The molecular formula is C9H18O2. The Hall–Kier alpha value is -0.0800. The van der Waals surface area contributed by atoms with E-state index in [-0.39, 0.29) is 11.7 Å². The Morgan fingerprint density at radius 3 is 2.55 bits per heavy atom. The molecule has 0 aromatic heterocycles. The van der Waals surface area contributed by atoms with E-state index >= 15 is 0 Å². The highest BCUT2D eigenvalue weighted by Gasteiger charge is 2.35. The smallest absolute Gasteiger partial charge is 0.0934 e. The molecule has 0 radical (unpaired) electrons. The van der Waals surface area contributed by atoms with Crippen LogP contribution >= 0.6 is 0 Å². The highest BCUT2D eigenvalue weighted by Crippen LogP contribution is 2.31. The minimum Gasteiger partial charge on any atom is -0.390 e. The molecular weight excluding hydrogens is 140 g/mol. The molecule has 0 saturated carbocycles. The summed E-state index contributed by atoms with van der Waals surface area (Å²) < 4.78 is 5.63. The number of ether oxygens (including phenoxy) is 1. The van der Waals surface area contributed by atoms with Gasteiger partial charge in [-0.1, -0.05) is 6.92 Å². The van der Waals surface area contributed by atoms with Gasteiger partial charge in [0.25, 0.3) is 0 Å². The van der Waals surface area contributed by atoms with E-state index < -0.39 is 0 Å². The van der Waals surface area contributed by atoms with E-state index in [0.717, 1.165) is 25.9 Å². The molecule has 2 heteroatoms. The first-order chi connectivity index (χ1) is 5.21. The molecule has 0 aliphatic carbocycles. The summed E-state index contributed by atoms with van der Waals surface area (Å²) in [6.45, 7) is 4.73. The number of hydrogen-bond acceptors (Lipinski definition) is 2. The van der Waals surface area contributed by atoms with Gasteiger partial charge in [-0.15, -0.1) is 0 Å². The van der Waals surface area contributed by atoms with E-state index in [4.69, 9.17) is 4.74 Å². The zero-order valence-corrected chi connectivity index (χ0v) is 7.47. The van der Waals surface area contributed by atoms with E-state index in [1.165, 1.54) is 6.42 Å². The van der Waals surface area contributed by atoms with Crippen LogP contribution in [0.4, 0.5) is 0 Å². The lowest BCUT2D eigenvalue weighted by molar-refractivity contribution is -0.143. The molecule has 0 amide bonds. The maximum atomic E-state index is 9.50. The first-order valence-electron chi connectivity index (χ1n) is 4.53. The van der Waals surface area contributed by atoms with Crippen molar-refractivity contribution in [2.75, 3.05) is 6.61 Å². The summed E-state index contributed by atoms with van der Waals surface area (Å²) in [6.07, 6.45) is 3.95. The van der Waals surface area contributed by atoms with Crippen LogP contribution in [0.5, 0.6) is 0 Å². The Bertz CT molecular complexity index is 115. The van der Waals surface area contributed by atoms with Crippen LogP contribution in [0.25, 0.3) is 0 Å². The van der Waals surface area contributed by atoms with Crippen molar-refractivity contribution in [2.24, 2.45) is 0 Å². The molecule has 0 aromatic carbocycles. The molecule has 1 N–H and O–H groups in total. The first kappa shape index (κ1) is 9.01. The van der Waals surface area contributed by atoms with Gasteiger partial charge >= 0.3 is 0 Å². The molecule has 2 unspecified atom stereocenters. The summed E-state index contributed by atoms with van der Waals surface area (Å²) in [6, 6.07) is 0. The van der Waals surface area contributed by atoms with Gasteiger partial charge in [0.1, 0.15) is 0 Å². The van der Waals surface area contributed by atoms with Crippen molar-refractivity contribution in [1.82, 2.24) is 0 Å². The van der Waals surface area contributed by atoms with E-state index in [1.54, 1.807) is 0 Å². The topological polar surface area (TPSA) is 29.5 Å². The van der Waals surface area contributed by atoms with Crippen LogP contribution in [0.15, 0.2) is 0 Å². The van der Waals surface area contributed by atoms with Crippen molar-refractivity contribution in [2.45, 2.75) is 51.2 Å². The number of hydrogen-bond donors (Lipinski definition) is 1. The summed E-state index contributed by atoms with van der Waals surface area (Å²) >= 11 is 0. The molecule has 0 aromatic rings. The normalized spacial score (nSPS) is 35.2. The van der Waals surface area contributed by atoms with Gasteiger partial charge in [-0.25, -0.2) is 0 Å². The van der Waals surface area contributed by atoms with Gasteiger partial charge in [-0.05, 0) is 32.6 Å². The molecule has 1 heterocycles. The minimum absolute atomic E-state index is 0.224. The van der Waals surface area contributed by atoms with Crippen LogP contribution < -0.4 is 0 Å². The minimum atomic E-state index is -0.326. The molecule has 0 spiro atoms. The molecule has 11 heavy (non-hydrogen) atoms. The van der Waals surface area contributed by atoms with Gasteiger partial charge in [0.05, 0.1) is 11.7 Å². The number of aliphatic hydroxyl groups excluding tert-OH is 1. The molecule has 0 bridgehead atoms. The van der Waals surface area contributed by atoms with Gasteiger partial charge in [-0.3, -0.25) is 0 Å². The van der Waals surface area contributed by atoms with Gasteiger partial charge < -0.3 is 9.84 Å². The van der Waals surface area contributed by atoms with E-state index in [0.29, 0.717) is 0 Å². The van der Waals surface area contributed by atoms with Gasteiger partial charge in [0.2, 0.25) is 0 Å². The molecule has 2 atom stereocenters. The van der Waals surface area contributed by atoms with Crippen molar-refractivity contribution in [3.63, 3.8) is 0 Å². The molecule has 1 aliphatic heterocycles. The molecule has 2 nitrogen and oxygen atoms in total. The summed E-state index contributed by atoms with van der Waals surface area (Å²) in [5.74, 6) is 0. The predicted octanol–water partition coefficient (Wildman–Crippen LogP) is 1.72. The molecule has 66 valence electrons. The second-order valence-electron chi connectivity index (χ2n) is 3.40. The summed E-state index contributed by atoms with van der Waals surface area (Å²) in [7, 11) is 0. The van der Waals surface area contributed by atoms with E-state index in [2.05, 4.69) is 6.92 Å². The van der Waals surface area contributed by atoms with Crippen molar-refractivity contribution in [3.8, 4) is 0 Å². The highest BCUT2D eigenvalue weighted by molar-refractivity contribution is 4.86. The Labute approximate surface area is 68.6 Å². The van der Waals surface area contributed by atoms with Crippen LogP contribution in [0.1, 0.15) is 39.5 Å². The fourth-order valence-corrected chi connectivity index (χ4v) is 1.78. The Morgan fingerprint density at radius 2 is 2.27 bits per heavy atom. The third-order valence-electron chi connectivity index (χ3n) is 2.74. The van der Waals surface area contributed by atoms with Crippen LogP contribution in [-0.4, -0.2) is 23.4 Å². The van der Waals surface area contributed by atoms with Crippen molar-refractivity contribution < 1.29 is 9.84 Å². The van der Waals surface area contributed by atoms with E-state index in [1.807, 2.05) is 6.92 Å². The van der Waals surface area contributed by atoms with Crippen molar-refractivity contribution in [3.05, 3.63) is 0 Å². The SMILES string of the molecule is CCC1(C(C)O)CCCCO1. The maximum Gasteiger partial charge on any atom is 0.0934 e. The fourth-order valence-electron chi connectivity index (χ4n) is 1.78. The van der Waals surface area contributed by atoms with Crippen molar-refractivity contribution in [1.29, 1.82) is 0 Å². The standard InChI is InChI=1S/C9H18O2/c1-3-9(8(2)10)6-4-5-7-11-9/h8,10H,3-7H2,1-2H3. The second-order valence-corrected chi connectivity index (χ2v) is 3.40. The molecule has 1 rings (SSSR count). The first-order valence-corrected chi connectivity index (χ1v) is 4.53. The largest absolute Gasteiger partial charge is 0.390 e.